The molecular weight excluding hydrogens is 338 g/mol. The Labute approximate surface area is 159 Å². The van der Waals surface area contributed by atoms with Crippen molar-refractivity contribution in [1.29, 1.82) is 0 Å². The number of nitrogens with one attached hydrogen (secondary N) is 1. The van der Waals surface area contributed by atoms with Gasteiger partial charge in [-0.05, 0) is 65.5 Å². The third-order valence-electron chi connectivity index (χ3n) is 6.39. The van der Waals surface area contributed by atoms with Crippen LogP contribution in [0.4, 0.5) is 0 Å². The predicted molar refractivity (Wildman–Crippen MR) is 111 cm³/mol. The second-order valence-corrected chi connectivity index (χ2v) is 11.6. The summed E-state index contributed by atoms with van der Waals surface area (Å²) >= 11 is 0. The van der Waals surface area contributed by atoms with Crippen molar-refractivity contribution in [2.24, 2.45) is 5.92 Å². The average molecular weight is 370 g/mol. The molecule has 0 amide bonds. The van der Waals surface area contributed by atoms with Gasteiger partial charge in [0.2, 0.25) is 0 Å². The molecule has 4 atom stereocenters. The summed E-state index contributed by atoms with van der Waals surface area (Å²) in [5.41, 5.74) is 0. The molecule has 1 saturated heterocycles. The molecule has 1 saturated carbocycles. The second kappa shape index (κ2) is 7.75. The van der Waals surface area contributed by atoms with E-state index >= 15 is 0 Å². The van der Waals surface area contributed by atoms with Crippen LogP contribution < -0.4 is 5.32 Å². The van der Waals surface area contributed by atoms with Crippen molar-refractivity contribution in [2.45, 2.75) is 60.1 Å². The maximum Gasteiger partial charge on any atom is 0.0775 e. The molecule has 2 fully saturated rings. The molecule has 0 radical (unpaired) electrons. The van der Waals surface area contributed by atoms with Crippen molar-refractivity contribution >= 4 is 10.0 Å². The Kier molecular flexibility index (Phi) is 5.40. The molecule has 1 aliphatic heterocycles. The van der Waals surface area contributed by atoms with Crippen LogP contribution in [0.2, 0.25) is 0 Å². The van der Waals surface area contributed by atoms with Crippen LogP contribution >= 0.6 is 10.0 Å². The minimum atomic E-state index is -1.26. The lowest BCUT2D eigenvalue weighted by Gasteiger charge is -2.40. The van der Waals surface area contributed by atoms with E-state index in [9.17, 15) is 5.11 Å². The van der Waals surface area contributed by atoms with E-state index in [4.69, 9.17) is 0 Å². The van der Waals surface area contributed by atoms with E-state index in [1.54, 1.807) is 0 Å². The van der Waals surface area contributed by atoms with Crippen molar-refractivity contribution in [1.82, 2.24) is 5.32 Å². The van der Waals surface area contributed by atoms with Gasteiger partial charge in [0.05, 0.1) is 6.10 Å². The zero-order chi connectivity index (χ0) is 18.0. The van der Waals surface area contributed by atoms with Crippen molar-refractivity contribution in [3.63, 3.8) is 0 Å². The Hall–Kier alpha value is -1.29. The van der Waals surface area contributed by atoms with Gasteiger partial charge in [-0.1, -0.05) is 49.2 Å². The Morgan fingerprint density at radius 1 is 0.962 bits per heavy atom. The number of aliphatic hydroxyl groups is 1. The SMILES string of the molecule is CS(C[C@@H](O)[C@@H]1CC2CCCCC2N1)(c1ccccc1)c1ccccc1. The minimum Gasteiger partial charge on any atom is -0.391 e. The Bertz CT molecular complexity index is 651. The first-order valence-electron chi connectivity index (χ1n) is 9.97. The van der Waals surface area contributed by atoms with Gasteiger partial charge in [-0.25, -0.2) is 0 Å². The molecule has 0 spiro atoms. The fourth-order valence-corrected chi connectivity index (χ4v) is 7.96. The molecule has 1 aliphatic carbocycles. The maximum absolute atomic E-state index is 11.2. The van der Waals surface area contributed by atoms with E-state index in [2.05, 4.69) is 72.2 Å². The highest BCUT2D eigenvalue weighted by Crippen LogP contribution is 2.60. The van der Waals surface area contributed by atoms with Gasteiger partial charge < -0.3 is 10.4 Å². The van der Waals surface area contributed by atoms with Gasteiger partial charge in [0.25, 0.3) is 0 Å². The van der Waals surface area contributed by atoms with Crippen LogP contribution in [-0.2, 0) is 0 Å². The topological polar surface area (TPSA) is 32.3 Å². The molecule has 2 unspecified atom stereocenters. The molecular formula is C23H31NOS. The van der Waals surface area contributed by atoms with Gasteiger partial charge in [-0.3, -0.25) is 0 Å². The molecule has 2 aromatic rings. The summed E-state index contributed by atoms with van der Waals surface area (Å²) in [7, 11) is -1.26. The zero-order valence-electron chi connectivity index (χ0n) is 15.7. The normalized spacial score (nSPS) is 27.7. The molecule has 2 aromatic carbocycles. The van der Waals surface area contributed by atoms with Gasteiger partial charge in [-0.2, -0.15) is 10.0 Å². The third-order valence-corrected chi connectivity index (χ3v) is 10.0. The van der Waals surface area contributed by atoms with Crippen LogP contribution in [0.5, 0.6) is 0 Å². The number of hydrogen-bond donors (Lipinski definition) is 2. The van der Waals surface area contributed by atoms with Crippen LogP contribution in [0.15, 0.2) is 70.5 Å². The fourth-order valence-electron chi connectivity index (χ4n) is 4.87. The first-order valence-corrected chi connectivity index (χ1v) is 12.2. The Balaban J connectivity index is 1.57. The van der Waals surface area contributed by atoms with E-state index < -0.39 is 10.0 Å². The van der Waals surface area contributed by atoms with Crippen molar-refractivity contribution in [2.75, 3.05) is 12.0 Å². The van der Waals surface area contributed by atoms with E-state index in [0.717, 1.165) is 18.1 Å². The predicted octanol–water partition coefficient (Wildman–Crippen LogP) is 4.82. The maximum atomic E-state index is 11.2. The lowest BCUT2D eigenvalue weighted by Crippen LogP contribution is -2.41. The number of aliphatic hydroxyl groups excluding tert-OH is 1. The van der Waals surface area contributed by atoms with Gasteiger partial charge in [-0.15, -0.1) is 0 Å². The van der Waals surface area contributed by atoms with Gasteiger partial charge >= 0.3 is 0 Å². The largest absolute Gasteiger partial charge is 0.391 e. The van der Waals surface area contributed by atoms with E-state index in [-0.39, 0.29) is 12.1 Å². The summed E-state index contributed by atoms with van der Waals surface area (Å²) in [6, 6.07) is 22.5. The van der Waals surface area contributed by atoms with Crippen LogP contribution in [-0.4, -0.2) is 35.3 Å². The molecule has 0 aromatic heterocycles. The number of fused-ring (bicyclic) bond motifs is 1. The van der Waals surface area contributed by atoms with Gasteiger partial charge in [0.1, 0.15) is 0 Å². The molecule has 3 heteroatoms. The lowest BCUT2D eigenvalue weighted by molar-refractivity contribution is 0.155. The standard InChI is InChI=1S/C23H31NOS/c1-26(19-11-4-2-5-12-19,20-13-6-3-7-14-20)17-23(25)22-16-18-10-8-9-15-21(18)24-22/h2-7,11-14,18,21-25H,8-10,15-17H2,1H3/t18?,21?,22-,23+/m0/s1. The smallest absolute Gasteiger partial charge is 0.0775 e. The first kappa shape index (κ1) is 18.1. The quantitative estimate of drug-likeness (QED) is 0.792. The van der Waals surface area contributed by atoms with Crippen molar-refractivity contribution < 1.29 is 5.11 Å². The summed E-state index contributed by atoms with van der Waals surface area (Å²) in [6.07, 6.45) is 8.54. The second-order valence-electron chi connectivity index (χ2n) is 8.11. The molecule has 140 valence electrons. The number of rotatable bonds is 5. The summed E-state index contributed by atoms with van der Waals surface area (Å²) in [6.45, 7) is 0. The highest BCUT2D eigenvalue weighted by Gasteiger charge is 2.39. The molecule has 4 rings (SSSR count). The molecule has 0 bridgehead atoms. The highest BCUT2D eigenvalue weighted by atomic mass is 32.3. The van der Waals surface area contributed by atoms with Gasteiger partial charge in [0.15, 0.2) is 0 Å². The summed E-state index contributed by atoms with van der Waals surface area (Å²) < 4.78 is 0. The fraction of sp³-hybridized carbons (Fsp3) is 0.478. The van der Waals surface area contributed by atoms with E-state index in [1.807, 2.05) is 0 Å². The summed E-state index contributed by atoms with van der Waals surface area (Å²) in [5, 5.41) is 15.0. The Morgan fingerprint density at radius 2 is 1.54 bits per heavy atom. The van der Waals surface area contributed by atoms with Crippen LogP contribution in [0.25, 0.3) is 0 Å². The molecule has 2 aliphatic rings. The number of benzene rings is 2. The minimum absolute atomic E-state index is 0.252. The summed E-state index contributed by atoms with van der Waals surface area (Å²) in [5.74, 6) is 1.61. The molecule has 2 N–H and O–H groups in total. The van der Waals surface area contributed by atoms with Crippen LogP contribution in [0.1, 0.15) is 32.1 Å². The average Bonchev–Trinajstić information content (AvgIpc) is 3.14. The Morgan fingerprint density at radius 3 is 2.12 bits per heavy atom. The highest BCUT2D eigenvalue weighted by molar-refractivity contribution is 8.33. The molecule has 1 heterocycles. The van der Waals surface area contributed by atoms with Crippen LogP contribution in [0.3, 0.4) is 0 Å². The zero-order valence-corrected chi connectivity index (χ0v) is 16.5. The van der Waals surface area contributed by atoms with Gasteiger partial charge in [0, 0.05) is 17.8 Å². The van der Waals surface area contributed by atoms with E-state index in [0.29, 0.717) is 6.04 Å². The lowest BCUT2D eigenvalue weighted by atomic mass is 9.85. The van der Waals surface area contributed by atoms with Crippen molar-refractivity contribution in [3.05, 3.63) is 60.7 Å². The third kappa shape index (κ3) is 3.58. The first-order chi connectivity index (χ1) is 12.7. The number of hydrogen-bond acceptors (Lipinski definition) is 2. The molecule has 26 heavy (non-hydrogen) atoms. The molecule has 2 nitrogen and oxygen atoms in total. The monoisotopic (exact) mass is 369 g/mol. The summed E-state index contributed by atoms with van der Waals surface area (Å²) in [4.78, 5) is 2.72. The van der Waals surface area contributed by atoms with E-state index in [1.165, 1.54) is 35.5 Å². The van der Waals surface area contributed by atoms with Crippen LogP contribution in [0, 0.1) is 5.92 Å². The van der Waals surface area contributed by atoms with Crippen molar-refractivity contribution in [3.8, 4) is 0 Å².